The van der Waals surface area contributed by atoms with Crippen LogP contribution in [-0.4, -0.2) is 52.4 Å². The number of hydrogen-bond acceptors (Lipinski definition) is 7. The van der Waals surface area contributed by atoms with Crippen LogP contribution in [0.1, 0.15) is 30.3 Å². The topological polar surface area (TPSA) is 90.3 Å². The fraction of sp³-hybridized carbons (Fsp3) is 0.500. The first-order valence-corrected chi connectivity index (χ1v) is 9.92. The molecule has 1 saturated heterocycles. The second kappa shape index (κ2) is 7.77. The number of rotatable bonds is 5. The van der Waals surface area contributed by atoms with E-state index >= 15 is 0 Å². The average molecular weight is 389 g/mol. The maximum atomic E-state index is 13.0. The lowest BCUT2D eigenvalue weighted by Gasteiger charge is -2.33. The van der Waals surface area contributed by atoms with E-state index in [1.54, 1.807) is 7.11 Å². The van der Waals surface area contributed by atoms with Gasteiger partial charge < -0.3 is 20.2 Å². The van der Waals surface area contributed by atoms with Gasteiger partial charge in [-0.2, -0.15) is 0 Å². The van der Waals surface area contributed by atoms with Gasteiger partial charge in [0.05, 0.1) is 19.3 Å². The molecule has 0 aliphatic carbocycles. The van der Waals surface area contributed by atoms with Crippen LogP contribution < -0.4 is 15.5 Å². The summed E-state index contributed by atoms with van der Waals surface area (Å²) in [6.07, 6.45) is 2.16. The van der Waals surface area contributed by atoms with Gasteiger partial charge in [-0.15, -0.1) is 10.2 Å². The third-order valence-electron chi connectivity index (χ3n) is 4.86. The molecule has 1 aromatic heterocycles. The highest BCUT2D eigenvalue weighted by atomic mass is 32.2. The first kappa shape index (κ1) is 18.1. The van der Waals surface area contributed by atoms with Crippen molar-refractivity contribution in [2.24, 2.45) is 0 Å². The number of nitrogens with zero attached hydrogens (tertiary/aromatic N) is 3. The Morgan fingerprint density at radius 1 is 1.41 bits per heavy atom. The van der Waals surface area contributed by atoms with Crippen LogP contribution in [0.5, 0.6) is 5.75 Å². The monoisotopic (exact) mass is 389 g/mol. The van der Waals surface area contributed by atoms with Crippen LogP contribution in [0.4, 0.5) is 0 Å². The van der Waals surface area contributed by atoms with E-state index in [9.17, 15) is 4.79 Å². The molecule has 3 atom stereocenters. The Hall–Kier alpha value is -2.26. The highest BCUT2D eigenvalue weighted by Crippen LogP contribution is 2.37. The first-order valence-electron chi connectivity index (χ1n) is 9.04. The van der Waals surface area contributed by atoms with Crippen molar-refractivity contribution in [3.63, 3.8) is 0 Å². The predicted octanol–water partition coefficient (Wildman–Crippen LogP) is 1.65. The molecule has 27 heavy (non-hydrogen) atoms. The fourth-order valence-electron chi connectivity index (χ4n) is 3.34. The zero-order chi connectivity index (χ0) is 18.8. The van der Waals surface area contributed by atoms with Crippen LogP contribution in [0, 0.1) is 6.92 Å². The molecule has 2 aliphatic heterocycles. The lowest BCUT2D eigenvalue weighted by atomic mass is 10.0. The smallest absolute Gasteiger partial charge is 0.236 e. The molecule has 9 heteroatoms. The molecule has 0 bridgehead atoms. The molecule has 2 aliphatic rings. The summed E-state index contributed by atoms with van der Waals surface area (Å²) in [5.74, 6) is 1.51. The standard InChI is InChI=1S/C18H23N5O3S/c1-11-20-21-18-23(11)22-15(12-5-7-13(25-2)8-6-12)16(27-18)17(24)19-10-14-4-3-9-26-14/h5-8,14-16,22H,3-4,9-10H2,1-2H3,(H,19,24)/t14-,15-,16+/m0/s1. The number of aromatic nitrogens is 3. The van der Waals surface area contributed by atoms with Gasteiger partial charge in [0.15, 0.2) is 0 Å². The SMILES string of the molecule is COc1ccc([C@@H]2Nn3c(C)nnc3S[C@H]2C(=O)NC[C@@H]2CCCO2)cc1. The Morgan fingerprint density at radius 3 is 2.93 bits per heavy atom. The van der Waals surface area contributed by atoms with Gasteiger partial charge in [0, 0.05) is 13.2 Å². The third kappa shape index (κ3) is 3.74. The van der Waals surface area contributed by atoms with Crippen LogP contribution in [0.2, 0.25) is 0 Å². The number of carbonyl (C=O) groups is 1. The van der Waals surface area contributed by atoms with Crippen molar-refractivity contribution < 1.29 is 14.3 Å². The number of methoxy groups -OCH3 is 1. The Morgan fingerprint density at radius 2 is 2.22 bits per heavy atom. The Labute approximate surface area is 162 Å². The Balaban J connectivity index is 1.56. The minimum atomic E-state index is -0.365. The maximum Gasteiger partial charge on any atom is 0.236 e. The number of amides is 1. The quantitative estimate of drug-likeness (QED) is 0.803. The van der Waals surface area contributed by atoms with E-state index < -0.39 is 0 Å². The van der Waals surface area contributed by atoms with E-state index in [0.717, 1.165) is 36.6 Å². The molecule has 2 N–H and O–H groups in total. The summed E-state index contributed by atoms with van der Waals surface area (Å²) in [4.78, 5) is 13.0. The first-order chi connectivity index (χ1) is 13.2. The molecule has 0 radical (unpaired) electrons. The number of nitrogens with one attached hydrogen (secondary N) is 2. The molecule has 144 valence electrons. The predicted molar refractivity (Wildman–Crippen MR) is 101 cm³/mol. The van der Waals surface area contributed by atoms with Crippen molar-refractivity contribution in [1.82, 2.24) is 20.2 Å². The summed E-state index contributed by atoms with van der Waals surface area (Å²) >= 11 is 1.42. The van der Waals surface area contributed by atoms with E-state index in [1.807, 2.05) is 35.9 Å². The minimum Gasteiger partial charge on any atom is -0.497 e. The molecular formula is C18H23N5O3S. The summed E-state index contributed by atoms with van der Waals surface area (Å²) in [5, 5.41) is 11.7. The van der Waals surface area contributed by atoms with E-state index in [1.165, 1.54) is 11.8 Å². The number of hydrogen-bond donors (Lipinski definition) is 2. The van der Waals surface area contributed by atoms with E-state index in [-0.39, 0.29) is 23.3 Å². The Bertz CT molecular complexity index is 804. The molecule has 0 spiro atoms. The number of thioether (sulfide) groups is 1. The van der Waals surface area contributed by atoms with Crippen LogP contribution in [0.15, 0.2) is 29.4 Å². The summed E-state index contributed by atoms with van der Waals surface area (Å²) in [5.41, 5.74) is 4.40. The third-order valence-corrected chi connectivity index (χ3v) is 6.07. The van der Waals surface area contributed by atoms with Gasteiger partial charge in [0.25, 0.3) is 0 Å². The van der Waals surface area contributed by atoms with Crippen LogP contribution >= 0.6 is 11.8 Å². The molecule has 1 amide bonds. The van der Waals surface area contributed by atoms with Gasteiger partial charge in [-0.3, -0.25) is 4.79 Å². The lowest BCUT2D eigenvalue weighted by molar-refractivity contribution is -0.121. The normalized spacial score (nSPS) is 24.1. The van der Waals surface area contributed by atoms with Crippen molar-refractivity contribution in [3.8, 4) is 5.75 Å². The van der Waals surface area contributed by atoms with Gasteiger partial charge in [0.1, 0.15) is 16.8 Å². The number of benzene rings is 1. The van der Waals surface area contributed by atoms with Crippen LogP contribution in [0.3, 0.4) is 0 Å². The van der Waals surface area contributed by atoms with Gasteiger partial charge in [-0.1, -0.05) is 23.9 Å². The van der Waals surface area contributed by atoms with Crippen molar-refractivity contribution in [3.05, 3.63) is 35.7 Å². The molecule has 0 unspecified atom stereocenters. The zero-order valence-corrected chi connectivity index (χ0v) is 16.2. The summed E-state index contributed by atoms with van der Waals surface area (Å²) in [6.45, 7) is 3.20. The van der Waals surface area contributed by atoms with E-state index in [0.29, 0.717) is 11.7 Å². The van der Waals surface area contributed by atoms with Gasteiger partial charge in [0.2, 0.25) is 11.1 Å². The number of fused-ring (bicyclic) bond motifs is 1. The van der Waals surface area contributed by atoms with Crippen LogP contribution in [0.25, 0.3) is 0 Å². The van der Waals surface area contributed by atoms with E-state index in [2.05, 4.69) is 20.9 Å². The Kier molecular flexibility index (Phi) is 5.22. The molecule has 1 fully saturated rings. The number of ether oxygens (including phenoxy) is 2. The molecular weight excluding hydrogens is 366 g/mol. The largest absolute Gasteiger partial charge is 0.497 e. The minimum absolute atomic E-state index is 0.0317. The van der Waals surface area contributed by atoms with Crippen molar-refractivity contribution >= 4 is 17.7 Å². The van der Waals surface area contributed by atoms with Crippen molar-refractivity contribution in [2.75, 3.05) is 25.7 Å². The highest BCUT2D eigenvalue weighted by molar-refractivity contribution is 8.00. The maximum absolute atomic E-state index is 13.0. The lowest BCUT2D eigenvalue weighted by Crippen LogP contribution is -2.45. The van der Waals surface area contributed by atoms with E-state index in [4.69, 9.17) is 9.47 Å². The number of carbonyl (C=O) groups excluding carboxylic acids is 1. The summed E-state index contributed by atoms with van der Waals surface area (Å²) in [7, 11) is 1.64. The van der Waals surface area contributed by atoms with Gasteiger partial charge >= 0.3 is 0 Å². The van der Waals surface area contributed by atoms with Gasteiger partial charge in [-0.25, -0.2) is 4.68 Å². The van der Waals surface area contributed by atoms with Gasteiger partial charge in [-0.05, 0) is 37.5 Å². The molecule has 1 aromatic carbocycles. The van der Waals surface area contributed by atoms with Crippen molar-refractivity contribution in [2.45, 2.75) is 42.3 Å². The summed E-state index contributed by atoms with van der Waals surface area (Å²) < 4.78 is 12.7. The molecule has 0 saturated carbocycles. The second-order valence-corrected chi connectivity index (χ2v) is 7.77. The molecule has 4 rings (SSSR count). The van der Waals surface area contributed by atoms with Crippen molar-refractivity contribution in [1.29, 1.82) is 0 Å². The number of aryl methyl sites for hydroxylation is 1. The zero-order valence-electron chi connectivity index (χ0n) is 15.3. The highest BCUT2D eigenvalue weighted by Gasteiger charge is 2.37. The van der Waals surface area contributed by atoms with Crippen LogP contribution in [-0.2, 0) is 9.53 Å². The average Bonchev–Trinajstić information content (AvgIpc) is 3.35. The molecule has 8 nitrogen and oxygen atoms in total. The fourth-order valence-corrected chi connectivity index (χ4v) is 4.49. The second-order valence-electron chi connectivity index (χ2n) is 6.66. The summed E-state index contributed by atoms with van der Waals surface area (Å²) in [6, 6.07) is 7.53. The molecule has 3 heterocycles. The molecule has 2 aromatic rings.